The monoisotopic (exact) mass is 227 g/mol. The highest BCUT2D eigenvalue weighted by Gasteiger charge is 2.36. The third-order valence-corrected chi connectivity index (χ3v) is 3.99. The van der Waals surface area contributed by atoms with Crippen LogP contribution in [-0.2, 0) is 0 Å². The molecule has 0 amide bonds. The van der Waals surface area contributed by atoms with Gasteiger partial charge in [-0.2, -0.15) is 0 Å². The zero-order valence-corrected chi connectivity index (χ0v) is 10.5. The Morgan fingerprint density at radius 2 is 2.19 bits per heavy atom. The van der Waals surface area contributed by atoms with Gasteiger partial charge in [0, 0.05) is 37.3 Å². The molecule has 3 atom stereocenters. The highest BCUT2D eigenvalue weighted by atomic mass is 16.3. The predicted molar refractivity (Wildman–Crippen MR) is 65.3 cm³/mol. The van der Waals surface area contributed by atoms with Crippen LogP contribution in [0.25, 0.3) is 0 Å². The van der Waals surface area contributed by atoms with Crippen molar-refractivity contribution in [2.75, 3.05) is 32.8 Å². The van der Waals surface area contributed by atoms with Crippen molar-refractivity contribution in [2.24, 2.45) is 5.73 Å². The fourth-order valence-electron chi connectivity index (χ4n) is 2.98. The van der Waals surface area contributed by atoms with Crippen LogP contribution >= 0.6 is 0 Å². The van der Waals surface area contributed by atoms with Crippen LogP contribution in [0.1, 0.15) is 26.7 Å². The van der Waals surface area contributed by atoms with Crippen LogP contribution in [0.4, 0.5) is 0 Å². The van der Waals surface area contributed by atoms with E-state index in [2.05, 4.69) is 16.7 Å². The van der Waals surface area contributed by atoms with Crippen LogP contribution < -0.4 is 5.73 Å². The molecule has 2 heterocycles. The van der Waals surface area contributed by atoms with Gasteiger partial charge in [-0.25, -0.2) is 0 Å². The van der Waals surface area contributed by atoms with Gasteiger partial charge in [-0.1, -0.05) is 0 Å². The van der Waals surface area contributed by atoms with E-state index in [1.807, 2.05) is 6.92 Å². The zero-order chi connectivity index (χ0) is 11.8. The first-order valence-corrected chi connectivity index (χ1v) is 6.40. The predicted octanol–water partition coefficient (Wildman–Crippen LogP) is -0.135. The Labute approximate surface area is 98.4 Å². The number of piperazine rings is 1. The van der Waals surface area contributed by atoms with E-state index in [0.29, 0.717) is 6.04 Å². The van der Waals surface area contributed by atoms with E-state index in [0.717, 1.165) is 25.7 Å². The Bertz CT molecular complexity index is 244. The summed E-state index contributed by atoms with van der Waals surface area (Å²) in [6.45, 7) is 8.60. The fourth-order valence-corrected chi connectivity index (χ4v) is 2.98. The maximum Gasteiger partial charge on any atom is 0.0621 e. The van der Waals surface area contributed by atoms with E-state index >= 15 is 0 Å². The normalized spacial score (nSPS) is 36.0. The largest absolute Gasteiger partial charge is 0.394 e. The summed E-state index contributed by atoms with van der Waals surface area (Å²) in [7, 11) is 0. The average molecular weight is 227 g/mol. The second kappa shape index (κ2) is 4.61. The lowest BCUT2D eigenvalue weighted by molar-refractivity contribution is 0.0356. The molecule has 2 aliphatic rings. The first-order chi connectivity index (χ1) is 7.52. The molecule has 0 aromatic heterocycles. The summed E-state index contributed by atoms with van der Waals surface area (Å²) >= 11 is 0. The summed E-state index contributed by atoms with van der Waals surface area (Å²) in [6.07, 6.45) is 2.66. The van der Waals surface area contributed by atoms with Gasteiger partial charge in [0.05, 0.1) is 6.61 Å². The Balaban J connectivity index is 1.94. The molecule has 94 valence electrons. The van der Waals surface area contributed by atoms with Crippen LogP contribution in [0.3, 0.4) is 0 Å². The van der Waals surface area contributed by atoms with Crippen LogP contribution in [0.5, 0.6) is 0 Å². The Morgan fingerprint density at radius 3 is 2.88 bits per heavy atom. The molecule has 16 heavy (non-hydrogen) atoms. The molecule has 0 aromatic carbocycles. The van der Waals surface area contributed by atoms with Crippen molar-refractivity contribution in [2.45, 2.75) is 44.3 Å². The molecule has 2 aliphatic heterocycles. The summed E-state index contributed by atoms with van der Waals surface area (Å²) in [6, 6.07) is 1.29. The van der Waals surface area contributed by atoms with Gasteiger partial charge in [-0.15, -0.1) is 0 Å². The van der Waals surface area contributed by atoms with Crippen LogP contribution in [-0.4, -0.2) is 65.3 Å². The van der Waals surface area contributed by atoms with Crippen molar-refractivity contribution in [1.29, 1.82) is 0 Å². The SMILES string of the molecule is CC1CN2CCCC2CN1CC(C)(N)CO. The maximum absolute atomic E-state index is 9.24. The number of fused-ring (bicyclic) bond motifs is 1. The van der Waals surface area contributed by atoms with Gasteiger partial charge >= 0.3 is 0 Å². The van der Waals surface area contributed by atoms with Crippen molar-refractivity contribution < 1.29 is 5.11 Å². The molecule has 0 radical (unpaired) electrons. The molecule has 4 nitrogen and oxygen atoms in total. The number of nitrogens with zero attached hydrogens (tertiary/aromatic N) is 2. The number of aliphatic hydroxyl groups excluding tert-OH is 1. The second-order valence-electron chi connectivity index (χ2n) is 5.88. The van der Waals surface area contributed by atoms with Crippen LogP contribution in [0.15, 0.2) is 0 Å². The van der Waals surface area contributed by atoms with Crippen molar-refractivity contribution in [1.82, 2.24) is 9.80 Å². The standard InChI is InChI=1S/C12H25N3O/c1-10-6-14-5-3-4-11(14)7-15(10)8-12(2,13)9-16/h10-11,16H,3-9,13H2,1-2H3. The minimum Gasteiger partial charge on any atom is -0.394 e. The minimum atomic E-state index is -0.463. The Kier molecular flexibility index (Phi) is 3.54. The summed E-state index contributed by atoms with van der Waals surface area (Å²) in [5.41, 5.74) is 5.58. The molecular formula is C12H25N3O. The fraction of sp³-hybridized carbons (Fsp3) is 1.00. The highest BCUT2D eigenvalue weighted by Crippen LogP contribution is 2.25. The van der Waals surface area contributed by atoms with Crippen LogP contribution in [0, 0.1) is 0 Å². The maximum atomic E-state index is 9.24. The lowest BCUT2D eigenvalue weighted by atomic mass is 10.0. The van der Waals surface area contributed by atoms with Gasteiger partial charge < -0.3 is 10.8 Å². The van der Waals surface area contributed by atoms with E-state index in [1.165, 1.54) is 19.4 Å². The van der Waals surface area contributed by atoms with Gasteiger partial charge in [-0.05, 0) is 33.2 Å². The first kappa shape index (κ1) is 12.3. The first-order valence-electron chi connectivity index (χ1n) is 6.40. The summed E-state index contributed by atoms with van der Waals surface area (Å²) < 4.78 is 0. The van der Waals surface area contributed by atoms with Crippen molar-refractivity contribution in [3.63, 3.8) is 0 Å². The molecular weight excluding hydrogens is 202 g/mol. The minimum absolute atomic E-state index is 0.0601. The van der Waals surface area contributed by atoms with E-state index in [9.17, 15) is 5.11 Å². The number of aliphatic hydroxyl groups is 1. The summed E-state index contributed by atoms with van der Waals surface area (Å²) in [5.74, 6) is 0. The molecule has 3 N–H and O–H groups in total. The third-order valence-electron chi connectivity index (χ3n) is 3.99. The third kappa shape index (κ3) is 2.56. The molecule has 2 rings (SSSR count). The number of rotatable bonds is 3. The van der Waals surface area contributed by atoms with E-state index in [4.69, 9.17) is 5.73 Å². The van der Waals surface area contributed by atoms with Gasteiger partial charge in [0.2, 0.25) is 0 Å². The molecule has 0 bridgehead atoms. The van der Waals surface area contributed by atoms with E-state index < -0.39 is 5.54 Å². The highest BCUT2D eigenvalue weighted by molar-refractivity contribution is 4.93. The van der Waals surface area contributed by atoms with Crippen LogP contribution in [0.2, 0.25) is 0 Å². The van der Waals surface area contributed by atoms with Gasteiger partial charge in [0.25, 0.3) is 0 Å². The summed E-state index contributed by atoms with van der Waals surface area (Å²) in [4.78, 5) is 5.05. The average Bonchev–Trinajstić information content (AvgIpc) is 2.65. The molecule has 4 heteroatoms. The molecule has 0 aliphatic carbocycles. The lowest BCUT2D eigenvalue weighted by Gasteiger charge is -2.44. The van der Waals surface area contributed by atoms with Gasteiger partial charge in [-0.3, -0.25) is 9.80 Å². The van der Waals surface area contributed by atoms with E-state index in [-0.39, 0.29) is 6.61 Å². The zero-order valence-electron chi connectivity index (χ0n) is 10.5. The van der Waals surface area contributed by atoms with Crippen molar-refractivity contribution in [3.05, 3.63) is 0 Å². The Hall–Kier alpha value is -0.160. The van der Waals surface area contributed by atoms with Crippen molar-refractivity contribution >= 4 is 0 Å². The molecule has 0 aromatic rings. The second-order valence-corrected chi connectivity index (χ2v) is 5.88. The molecule has 0 spiro atoms. The molecule has 2 fully saturated rings. The summed E-state index contributed by atoms with van der Waals surface area (Å²) in [5, 5.41) is 9.24. The Morgan fingerprint density at radius 1 is 1.44 bits per heavy atom. The number of hydrogen-bond acceptors (Lipinski definition) is 4. The quantitative estimate of drug-likeness (QED) is 0.705. The lowest BCUT2D eigenvalue weighted by Crippen LogP contribution is -2.60. The topological polar surface area (TPSA) is 52.7 Å². The number of nitrogens with two attached hydrogens (primary N) is 1. The number of hydrogen-bond donors (Lipinski definition) is 2. The van der Waals surface area contributed by atoms with Gasteiger partial charge in [0.1, 0.15) is 0 Å². The molecule has 3 unspecified atom stereocenters. The van der Waals surface area contributed by atoms with Gasteiger partial charge in [0.15, 0.2) is 0 Å². The molecule has 0 saturated carbocycles. The molecule has 2 saturated heterocycles. The smallest absolute Gasteiger partial charge is 0.0621 e. The van der Waals surface area contributed by atoms with Crippen molar-refractivity contribution in [3.8, 4) is 0 Å². The van der Waals surface area contributed by atoms with E-state index in [1.54, 1.807) is 0 Å².